The van der Waals surface area contributed by atoms with Crippen molar-refractivity contribution in [1.29, 1.82) is 0 Å². The second-order valence-electron chi connectivity index (χ2n) is 15.5. The number of hydrogen-bond donors (Lipinski definition) is 0. The van der Waals surface area contributed by atoms with Crippen LogP contribution in [0.15, 0.2) is 109 Å². The fourth-order valence-electron chi connectivity index (χ4n) is 8.39. The van der Waals surface area contributed by atoms with Crippen LogP contribution >= 0.6 is 46.4 Å². The van der Waals surface area contributed by atoms with Gasteiger partial charge in [-0.2, -0.15) is 0 Å². The molecule has 0 radical (unpaired) electrons. The van der Waals surface area contributed by atoms with Gasteiger partial charge in [-0.3, -0.25) is 0 Å². The van der Waals surface area contributed by atoms with E-state index in [1.54, 1.807) is 14.2 Å². The summed E-state index contributed by atoms with van der Waals surface area (Å²) >= 11 is 27.7. The molecular weight excluding hydrogens is 866 g/mol. The van der Waals surface area contributed by atoms with Gasteiger partial charge in [0.15, 0.2) is 5.60 Å². The average Bonchev–Trinajstić information content (AvgIpc) is 4.10. The lowest BCUT2D eigenvalue weighted by molar-refractivity contribution is 0.0300. The first-order valence-corrected chi connectivity index (χ1v) is 22.4. The molecular formula is C50H48Cl4N2O6. The Morgan fingerprint density at radius 2 is 0.919 bits per heavy atom. The van der Waals surface area contributed by atoms with Gasteiger partial charge in [0.2, 0.25) is 0 Å². The number of hydrogen-bond acceptors (Lipinski definition) is 8. The number of ether oxygens (including phenoxy) is 5. The lowest BCUT2D eigenvalue weighted by atomic mass is 9.83. The van der Waals surface area contributed by atoms with Gasteiger partial charge >= 0.3 is 5.97 Å². The monoisotopic (exact) mass is 912 g/mol. The molecule has 0 saturated carbocycles. The van der Waals surface area contributed by atoms with Crippen molar-refractivity contribution in [3.05, 3.63) is 163 Å². The average molecular weight is 915 g/mol. The summed E-state index contributed by atoms with van der Waals surface area (Å²) in [6.07, 6.45) is 8.52. The van der Waals surface area contributed by atoms with Crippen molar-refractivity contribution in [3.63, 3.8) is 0 Å². The van der Waals surface area contributed by atoms with Crippen LogP contribution in [0.4, 0.5) is 11.4 Å². The Morgan fingerprint density at radius 1 is 0.548 bits per heavy atom. The van der Waals surface area contributed by atoms with Crippen molar-refractivity contribution in [2.75, 3.05) is 76.6 Å². The highest BCUT2D eigenvalue weighted by molar-refractivity contribution is 6.53. The van der Waals surface area contributed by atoms with E-state index in [0.717, 1.165) is 96.6 Å². The highest BCUT2D eigenvalue weighted by Gasteiger charge is 2.48. The molecule has 0 unspecified atom stereocenters. The third kappa shape index (κ3) is 9.33. The predicted molar refractivity (Wildman–Crippen MR) is 251 cm³/mol. The molecule has 0 atom stereocenters. The van der Waals surface area contributed by atoms with Crippen molar-refractivity contribution in [2.24, 2.45) is 0 Å². The molecule has 3 heterocycles. The van der Waals surface area contributed by atoms with E-state index in [9.17, 15) is 4.79 Å². The van der Waals surface area contributed by atoms with Gasteiger partial charge in [-0.15, -0.1) is 0 Å². The number of rotatable bonds is 16. The van der Waals surface area contributed by atoms with E-state index in [0.29, 0.717) is 43.5 Å². The third-order valence-electron chi connectivity index (χ3n) is 11.6. The molecule has 2 saturated heterocycles. The third-order valence-corrected chi connectivity index (χ3v) is 13.4. The smallest absolute Gasteiger partial charge is 0.341 e. The highest BCUT2D eigenvalue weighted by atomic mass is 35.5. The zero-order valence-corrected chi connectivity index (χ0v) is 37.8. The van der Waals surface area contributed by atoms with E-state index in [4.69, 9.17) is 70.1 Å². The van der Waals surface area contributed by atoms with Gasteiger partial charge in [0.25, 0.3) is 0 Å². The van der Waals surface area contributed by atoms with Gasteiger partial charge in [0, 0.05) is 57.3 Å². The zero-order chi connectivity index (χ0) is 43.2. The Balaban J connectivity index is 1.36. The van der Waals surface area contributed by atoms with Crippen molar-refractivity contribution in [3.8, 4) is 11.5 Å². The number of carbonyl (C=O) groups excluding carboxylic acids is 1. The first-order chi connectivity index (χ1) is 30.2. The Kier molecular flexibility index (Phi) is 14.0. The molecule has 5 aromatic carbocycles. The van der Waals surface area contributed by atoms with Gasteiger partial charge in [0.1, 0.15) is 24.7 Å². The number of carbonyl (C=O) groups is 1. The summed E-state index contributed by atoms with van der Waals surface area (Å²) in [6.45, 7) is 5.77. The maximum absolute atomic E-state index is 14.4. The van der Waals surface area contributed by atoms with E-state index in [2.05, 4.69) is 58.3 Å². The number of cyclic esters (lactones) is 1. The Bertz CT molecular complexity index is 2300. The lowest BCUT2D eigenvalue weighted by Gasteiger charge is -2.28. The van der Waals surface area contributed by atoms with Crippen LogP contribution in [0.5, 0.6) is 11.5 Å². The Hall–Kier alpha value is -4.67. The maximum Gasteiger partial charge on any atom is 0.341 e. The minimum Gasteiger partial charge on any atom is -0.491 e. The summed E-state index contributed by atoms with van der Waals surface area (Å²) in [7, 11) is 3.28. The molecule has 322 valence electrons. The Labute approximate surface area is 383 Å². The second-order valence-corrected chi connectivity index (χ2v) is 17.0. The normalized spacial score (nSPS) is 17.7. The number of benzene rings is 5. The predicted octanol–water partition coefficient (Wildman–Crippen LogP) is 12.2. The zero-order valence-electron chi connectivity index (χ0n) is 34.7. The molecule has 2 fully saturated rings. The van der Waals surface area contributed by atoms with Crippen LogP contribution in [-0.4, -0.2) is 72.8 Å². The van der Waals surface area contributed by atoms with Crippen molar-refractivity contribution >= 4 is 74.9 Å². The van der Waals surface area contributed by atoms with E-state index < -0.39 is 11.6 Å². The molecule has 8 nitrogen and oxygen atoms in total. The first-order valence-electron chi connectivity index (χ1n) is 20.9. The lowest BCUT2D eigenvalue weighted by Crippen LogP contribution is -2.23. The second kappa shape index (κ2) is 19.8. The number of halogens is 4. The molecule has 0 aliphatic carbocycles. The number of methoxy groups -OCH3 is 2. The van der Waals surface area contributed by atoms with E-state index in [1.807, 2.05) is 60.7 Å². The van der Waals surface area contributed by atoms with Gasteiger partial charge in [-0.25, -0.2) is 4.79 Å². The topological polar surface area (TPSA) is 69.7 Å². The summed E-state index contributed by atoms with van der Waals surface area (Å²) in [4.78, 5) is 19.1. The number of nitrogens with zero attached hydrogens (tertiary/aromatic N) is 2. The first kappa shape index (κ1) is 44.0. The van der Waals surface area contributed by atoms with E-state index >= 15 is 0 Å². The summed E-state index contributed by atoms with van der Waals surface area (Å²) in [5, 5.41) is 0.0182. The largest absolute Gasteiger partial charge is 0.491 e. The van der Waals surface area contributed by atoms with Crippen LogP contribution in [0.25, 0.3) is 11.1 Å². The number of esters is 1. The van der Waals surface area contributed by atoms with Gasteiger partial charge in [0.05, 0.1) is 38.9 Å². The Morgan fingerprint density at radius 3 is 1.31 bits per heavy atom. The van der Waals surface area contributed by atoms with Crippen LogP contribution in [0.3, 0.4) is 0 Å². The SMILES string of the molecule is COCCOc1ccc(C(=CC2(C=C(c3ccc(OCCOC)cc3)c3ccc(N4CCCC4)cc3)OC(=O)c3c(Cl)c(Cl)c(Cl)c(Cl)c32)c2ccc(N3CCCC3)cc2)cc1. The minimum atomic E-state index is -1.66. The van der Waals surface area contributed by atoms with E-state index in [-0.39, 0.29) is 25.7 Å². The molecule has 3 aliphatic heterocycles. The van der Waals surface area contributed by atoms with Crippen LogP contribution in [-0.2, 0) is 19.8 Å². The molecule has 0 aromatic heterocycles. The fourth-order valence-corrected chi connectivity index (χ4v) is 9.47. The van der Waals surface area contributed by atoms with Crippen LogP contribution in [0.1, 0.15) is 63.9 Å². The standard InChI is InChI=1S/C50H48Cl4N2O6/c1-58-27-29-60-39-19-11-35(12-20-39)41(33-7-15-37(16-8-33)55-23-3-4-24-55)31-50(44-43(49(57)62-50)45(51)47(53)48(54)46(44)52)32-42(36-13-21-40(22-14-36)61-30-28-59-2)34-9-17-38(18-10-34)56-25-5-6-26-56/h7-22,31-32H,3-6,23-30H2,1-2H3. The van der Waals surface area contributed by atoms with Crippen molar-refractivity contribution < 1.29 is 28.5 Å². The fraction of sp³-hybridized carbons (Fsp3) is 0.300. The van der Waals surface area contributed by atoms with E-state index in [1.165, 1.54) is 0 Å². The summed E-state index contributed by atoms with van der Waals surface area (Å²) in [5.41, 5.74) is 5.95. The summed E-state index contributed by atoms with van der Waals surface area (Å²) in [5.74, 6) is 0.689. The van der Waals surface area contributed by atoms with Gasteiger partial charge in [-0.05, 0) is 120 Å². The molecule has 8 rings (SSSR count). The molecule has 5 aromatic rings. The van der Waals surface area contributed by atoms with Crippen LogP contribution in [0, 0.1) is 0 Å². The highest BCUT2D eigenvalue weighted by Crippen LogP contribution is 2.53. The van der Waals surface area contributed by atoms with Crippen LogP contribution in [0.2, 0.25) is 20.1 Å². The van der Waals surface area contributed by atoms with Gasteiger partial charge < -0.3 is 33.5 Å². The molecule has 0 spiro atoms. The van der Waals surface area contributed by atoms with Crippen molar-refractivity contribution in [1.82, 2.24) is 0 Å². The quantitative estimate of drug-likeness (QED) is 0.0420. The molecule has 0 amide bonds. The number of anilines is 2. The number of fused-ring (bicyclic) bond motifs is 1. The minimum absolute atomic E-state index is 0.0183. The summed E-state index contributed by atoms with van der Waals surface area (Å²) < 4.78 is 29.0. The molecule has 3 aliphatic rings. The van der Waals surface area contributed by atoms with Crippen LogP contribution < -0.4 is 19.3 Å². The van der Waals surface area contributed by atoms with Crippen molar-refractivity contribution in [2.45, 2.75) is 31.3 Å². The molecule has 0 N–H and O–H groups in total. The summed E-state index contributed by atoms with van der Waals surface area (Å²) in [6, 6.07) is 32.6. The molecule has 12 heteroatoms. The van der Waals surface area contributed by atoms with Gasteiger partial charge in [-0.1, -0.05) is 94.9 Å². The molecule has 62 heavy (non-hydrogen) atoms. The maximum atomic E-state index is 14.4. The molecule has 0 bridgehead atoms.